The molecule has 0 amide bonds. The van der Waals surface area contributed by atoms with Crippen LogP contribution in [-0.4, -0.2) is 11.4 Å². The smallest absolute Gasteiger partial charge is 0.269 e. The average Bonchev–Trinajstić information content (AvgIpc) is 3.43. The van der Waals surface area contributed by atoms with Crippen LogP contribution in [0.2, 0.25) is 0 Å². The average molecular weight is 488 g/mol. The zero-order valence-corrected chi connectivity index (χ0v) is 22.8. The van der Waals surface area contributed by atoms with E-state index in [1.54, 1.807) is 0 Å². The van der Waals surface area contributed by atoms with E-state index >= 15 is 0 Å². The first kappa shape index (κ1) is 25.0. The maximum atomic E-state index is 2.47. The van der Waals surface area contributed by atoms with Crippen LogP contribution in [0.1, 0.15) is 68.4 Å². The summed E-state index contributed by atoms with van der Waals surface area (Å²) in [6.07, 6.45) is 12.7. The lowest BCUT2D eigenvalue weighted by Crippen LogP contribution is -2.38. The standard InChI is InChI=1S/C26H37N3S3/c1-7-14-27-20(4)17-30-24(27)12-10-23(26-29(16-9-3)22(6)19-32-26)11-13-25-28(15-8-2)21(5)18-31-25/h10-13,17-19H,7-9,14-16H2,1-6H3/q+2. The van der Waals surface area contributed by atoms with Gasteiger partial charge in [-0.05, 0) is 37.0 Å². The first-order valence-electron chi connectivity index (χ1n) is 11.7. The molecule has 0 unspecified atom stereocenters. The third-order valence-corrected chi connectivity index (χ3v) is 8.75. The molecule has 3 nitrogen and oxygen atoms in total. The van der Waals surface area contributed by atoms with Crippen LogP contribution in [0.15, 0.2) is 45.1 Å². The topological polar surface area (TPSA) is 11.0 Å². The van der Waals surface area contributed by atoms with E-state index in [0.29, 0.717) is 0 Å². The van der Waals surface area contributed by atoms with Crippen LogP contribution in [0.3, 0.4) is 0 Å². The summed E-state index contributed by atoms with van der Waals surface area (Å²) in [5, 5.41) is 10.8. The Morgan fingerprint density at radius 1 is 0.938 bits per heavy atom. The van der Waals surface area contributed by atoms with Crippen LogP contribution in [0.4, 0.5) is 0 Å². The lowest BCUT2D eigenvalue weighted by atomic mass is 10.2. The molecule has 0 saturated heterocycles. The number of thiazole rings is 2. The minimum absolute atomic E-state index is 1.05. The molecule has 0 N–H and O–H groups in total. The summed E-state index contributed by atoms with van der Waals surface area (Å²) in [7, 11) is 0. The summed E-state index contributed by atoms with van der Waals surface area (Å²) in [5.74, 6) is 0. The first-order valence-corrected chi connectivity index (χ1v) is 14.3. The van der Waals surface area contributed by atoms with Gasteiger partial charge in [0.15, 0.2) is 11.4 Å². The van der Waals surface area contributed by atoms with Crippen LogP contribution in [0.5, 0.6) is 0 Å². The third kappa shape index (κ3) is 5.83. The van der Waals surface area contributed by atoms with Gasteiger partial charge in [-0.2, -0.15) is 9.13 Å². The fourth-order valence-electron chi connectivity index (χ4n) is 3.85. The van der Waals surface area contributed by atoms with E-state index in [-0.39, 0.29) is 0 Å². The van der Waals surface area contributed by atoms with Gasteiger partial charge in [0, 0.05) is 45.0 Å². The SMILES string of the molecule is CCCN1C(C)=CS\C1=C/C=C(\C=C\c1scc(C)[n+]1CCC)c1scc(C)[n+]1CCC. The van der Waals surface area contributed by atoms with E-state index in [1.165, 1.54) is 37.7 Å². The van der Waals surface area contributed by atoms with Crippen molar-refractivity contribution in [1.29, 1.82) is 0 Å². The highest BCUT2D eigenvalue weighted by atomic mass is 32.2. The van der Waals surface area contributed by atoms with Crippen molar-refractivity contribution in [2.45, 2.75) is 73.9 Å². The quantitative estimate of drug-likeness (QED) is 0.262. The monoisotopic (exact) mass is 487 g/mol. The molecular formula is C26H37N3S3+2. The van der Waals surface area contributed by atoms with Crippen molar-refractivity contribution in [2.75, 3.05) is 6.54 Å². The molecule has 0 spiro atoms. The highest BCUT2D eigenvalue weighted by Crippen LogP contribution is 2.34. The van der Waals surface area contributed by atoms with Crippen molar-refractivity contribution in [3.05, 3.63) is 66.5 Å². The summed E-state index contributed by atoms with van der Waals surface area (Å²) in [5.41, 5.74) is 5.31. The van der Waals surface area contributed by atoms with Crippen LogP contribution in [0, 0.1) is 13.8 Å². The van der Waals surface area contributed by atoms with Gasteiger partial charge in [0.1, 0.15) is 13.1 Å². The van der Waals surface area contributed by atoms with Crippen molar-refractivity contribution in [2.24, 2.45) is 0 Å². The molecule has 32 heavy (non-hydrogen) atoms. The predicted octanol–water partition coefficient (Wildman–Crippen LogP) is 7.08. The molecule has 0 aromatic carbocycles. The predicted molar refractivity (Wildman–Crippen MR) is 143 cm³/mol. The Labute approximate surface area is 206 Å². The Morgan fingerprint density at radius 3 is 2.34 bits per heavy atom. The Bertz CT molecular complexity index is 1040. The summed E-state index contributed by atoms with van der Waals surface area (Å²) < 4.78 is 4.90. The number of nitrogens with zero attached hydrogens (tertiary/aromatic N) is 3. The summed E-state index contributed by atoms with van der Waals surface area (Å²) in [4.78, 5) is 2.43. The van der Waals surface area contributed by atoms with Crippen molar-refractivity contribution in [3.8, 4) is 0 Å². The van der Waals surface area contributed by atoms with Crippen LogP contribution >= 0.6 is 34.4 Å². The van der Waals surface area contributed by atoms with Crippen molar-refractivity contribution in [3.63, 3.8) is 0 Å². The molecule has 3 rings (SSSR count). The van der Waals surface area contributed by atoms with Crippen molar-refractivity contribution in [1.82, 2.24) is 4.90 Å². The van der Waals surface area contributed by atoms with Crippen LogP contribution < -0.4 is 9.13 Å². The Balaban J connectivity index is 2.01. The Kier molecular flexibility index (Phi) is 9.38. The van der Waals surface area contributed by atoms with E-state index in [1.807, 2.05) is 34.4 Å². The number of rotatable bonds is 10. The molecule has 1 aliphatic rings. The Morgan fingerprint density at radius 2 is 1.62 bits per heavy atom. The number of allylic oxidation sites excluding steroid dienone is 5. The van der Waals surface area contributed by atoms with E-state index in [2.05, 4.69) is 96.0 Å². The second kappa shape index (κ2) is 12.0. The molecule has 0 fully saturated rings. The minimum Gasteiger partial charge on any atom is -0.339 e. The molecule has 0 bridgehead atoms. The Hall–Kier alpha value is -1.63. The first-order chi connectivity index (χ1) is 15.5. The maximum Gasteiger partial charge on any atom is 0.269 e. The lowest BCUT2D eigenvalue weighted by molar-refractivity contribution is -0.699. The number of aryl methyl sites for hydroxylation is 2. The van der Waals surface area contributed by atoms with Gasteiger partial charge in [-0.15, -0.1) is 0 Å². The van der Waals surface area contributed by atoms with Gasteiger partial charge in [0.05, 0.1) is 21.4 Å². The van der Waals surface area contributed by atoms with Gasteiger partial charge >= 0.3 is 0 Å². The second-order valence-corrected chi connectivity index (χ2v) is 10.8. The zero-order valence-electron chi connectivity index (χ0n) is 20.4. The molecule has 6 heteroatoms. The number of thioether (sulfide) groups is 1. The molecule has 0 saturated carbocycles. The van der Waals surface area contributed by atoms with E-state index in [9.17, 15) is 0 Å². The maximum absolute atomic E-state index is 2.47. The van der Waals surface area contributed by atoms with Gasteiger partial charge in [-0.1, -0.05) is 55.2 Å². The molecule has 0 atom stereocenters. The molecule has 1 aliphatic heterocycles. The van der Waals surface area contributed by atoms with E-state index in [4.69, 9.17) is 0 Å². The van der Waals surface area contributed by atoms with Crippen molar-refractivity contribution >= 4 is 46.1 Å². The van der Waals surface area contributed by atoms with Crippen LogP contribution in [-0.2, 0) is 13.1 Å². The molecule has 0 aliphatic carbocycles. The fourth-order valence-corrected chi connectivity index (χ4v) is 6.75. The number of hydrogen-bond acceptors (Lipinski definition) is 4. The molecule has 2 aromatic rings. The fraction of sp³-hybridized carbons (Fsp3) is 0.462. The molecule has 2 aromatic heterocycles. The van der Waals surface area contributed by atoms with Gasteiger partial charge < -0.3 is 4.90 Å². The van der Waals surface area contributed by atoms with Gasteiger partial charge in [0.25, 0.3) is 10.0 Å². The third-order valence-electron chi connectivity index (χ3n) is 5.50. The highest BCUT2D eigenvalue weighted by Gasteiger charge is 2.21. The zero-order chi connectivity index (χ0) is 23.1. The van der Waals surface area contributed by atoms with Crippen molar-refractivity contribution < 1.29 is 9.13 Å². The molecule has 172 valence electrons. The summed E-state index contributed by atoms with van der Waals surface area (Å²) in [6, 6.07) is 0. The normalized spacial score (nSPS) is 16.1. The minimum atomic E-state index is 1.05. The molecule has 0 radical (unpaired) electrons. The van der Waals surface area contributed by atoms with E-state index in [0.717, 1.165) is 38.9 Å². The van der Waals surface area contributed by atoms with Gasteiger partial charge in [-0.25, -0.2) is 0 Å². The largest absolute Gasteiger partial charge is 0.339 e. The molecule has 3 heterocycles. The highest BCUT2D eigenvalue weighted by molar-refractivity contribution is 8.06. The van der Waals surface area contributed by atoms with E-state index < -0.39 is 0 Å². The summed E-state index contributed by atoms with van der Waals surface area (Å²) in [6.45, 7) is 16.6. The van der Waals surface area contributed by atoms with Crippen LogP contribution in [0.25, 0.3) is 11.6 Å². The number of hydrogen-bond donors (Lipinski definition) is 0. The van der Waals surface area contributed by atoms with Gasteiger partial charge in [0.2, 0.25) is 0 Å². The summed E-state index contributed by atoms with van der Waals surface area (Å²) >= 11 is 5.52. The lowest BCUT2D eigenvalue weighted by Gasteiger charge is -2.20. The van der Waals surface area contributed by atoms with Gasteiger partial charge in [-0.3, -0.25) is 0 Å². The second-order valence-electron chi connectivity index (χ2n) is 8.19. The number of aromatic nitrogens is 2. The molecular weight excluding hydrogens is 451 g/mol.